The number of ether oxygens (including phenoxy) is 5. The van der Waals surface area contributed by atoms with E-state index >= 15 is 0 Å². The molecule has 1 aromatic heterocycles. The summed E-state index contributed by atoms with van der Waals surface area (Å²) in [6.07, 6.45) is -0.818. The van der Waals surface area contributed by atoms with Crippen molar-refractivity contribution >= 4 is 0 Å². The number of aliphatic hydroxyl groups is 2. The molecule has 1 aliphatic rings. The number of benzene rings is 4. The minimum Gasteiger partial charge on any atom is -0.497 e. The third-order valence-corrected chi connectivity index (χ3v) is 9.36. The molecular weight excluding hydrogens is 652 g/mol. The van der Waals surface area contributed by atoms with Crippen LogP contribution in [0.2, 0.25) is 0 Å². The van der Waals surface area contributed by atoms with E-state index in [1.165, 1.54) is 10.8 Å². The van der Waals surface area contributed by atoms with E-state index < -0.39 is 41.4 Å². The zero-order valence-electron chi connectivity index (χ0n) is 28.8. The first-order chi connectivity index (χ1) is 24.7. The van der Waals surface area contributed by atoms with Crippen molar-refractivity contribution in [3.05, 3.63) is 164 Å². The van der Waals surface area contributed by atoms with E-state index in [9.17, 15) is 19.8 Å². The van der Waals surface area contributed by atoms with Crippen LogP contribution in [0.5, 0.6) is 11.5 Å². The highest BCUT2D eigenvalue weighted by molar-refractivity contribution is 5.49. The SMILES string of the molecule is COc1ccc(C(OCC2OC(n3cc(C)c(=O)n(COCc4ccccc4)c3=O)CC2(O)CO)(c2ccccc2)c2ccc(OC)cc2)cc1. The van der Waals surface area contributed by atoms with Gasteiger partial charge < -0.3 is 33.9 Å². The first-order valence-electron chi connectivity index (χ1n) is 16.6. The van der Waals surface area contributed by atoms with Crippen molar-refractivity contribution in [2.75, 3.05) is 27.4 Å². The smallest absolute Gasteiger partial charge is 0.335 e. The Balaban J connectivity index is 1.34. The molecule has 2 N–H and O–H groups in total. The van der Waals surface area contributed by atoms with Crippen LogP contribution in [-0.4, -0.2) is 58.5 Å². The number of aryl methyl sites for hydroxylation is 1. The lowest BCUT2D eigenvalue weighted by Crippen LogP contribution is -2.46. The summed E-state index contributed by atoms with van der Waals surface area (Å²) in [5.41, 5.74) is -0.629. The second-order valence-corrected chi connectivity index (χ2v) is 12.6. The number of aromatic nitrogens is 2. The van der Waals surface area contributed by atoms with Crippen molar-refractivity contribution in [3.8, 4) is 11.5 Å². The van der Waals surface area contributed by atoms with Gasteiger partial charge in [-0.1, -0.05) is 84.9 Å². The molecule has 0 spiro atoms. The van der Waals surface area contributed by atoms with Crippen LogP contribution in [0.4, 0.5) is 0 Å². The number of nitrogens with zero attached hydrogens (tertiary/aromatic N) is 2. The van der Waals surface area contributed by atoms with Gasteiger partial charge in [-0.15, -0.1) is 0 Å². The number of methoxy groups -OCH3 is 2. The maximum atomic E-state index is 13.7. The molecule has 3 atom stereocenters. The number of aliphatic hydroxyl groups excluding tert-OH is 1. The molecule has 0 saturated carbocycles. The van der Waals surface area contributed by atoms with Crippen molar-refractivity contribution in [3.63, 3.8) is 0 Å². The van der Waals surface area contributed by atoms with Crippen LogP contribution in [0.1, 0.15) is 40.5 Å². The molecule has 2 heterocycles. The quantitative estimate of drug-likeness (QED) is 0.161. The summed E-state index contributed by atoms with van der Waals surface area (Å²) in [7, 11) is 3.19. The molecule has 1 saturated heterocycles. The van der Waals surface area contributed by atoms with Gasteiger partial charge in [-0.25, -0.2) is 9.36 Å². The predicted molar refractivity (Wildman–Crippen MR) is 190 cm³/mol. The summed E-state index contributed by atoms with van der Waals surface area (Å²) in [6, 6.07) is 34.1. The topological polar surface area (TPSA) is 131 Å². The molecule has 11 nitrogen and oxygen atoms in total. The molecule has 0 amide bonds. The van der Waals surface area contributed by atoms with Gasteiger partial charge in [0.15, 0.2) is 0 Å². The van der Waals surface area contributed by atoms with Gasteiger partial charge in [0.05, 0.1) is 34.0 Å². The summed E-state index contributed by atoms with van der Waals surface area (Å²) < 4.78 is 32.2. The molecule has 11 heteroatoms. The molecule has 4 aromatic carbocycles. The average Bonchev–Trinajstić information content (AvgIpc) is 3.52. The van der Waals surface area contributed by atoms with E-state index in [-0.39, 0.29) is 31.9 Å². The third kappa shape index (κ3) is 7.25. The highest BCUT2D eigenvalue weighted by atomic mass is 16.6. The normalized spacial score (nSPS) is 18.8. The summed E-state index contributed by atoms with van der Waals surface area (Å²) in [5, 5.41) is 22.3. The number of rotatable bonds is 14. The Hall–Kier alpha value is -5.04. The monoisotopic (exact) mass is 694 g/mol. The predicted octanol–water partition coefficient (Wildman–Crippen LogP) is 4.53. The van der Waals surface area contributed by atoms with E-state index in [1.807, 2.05) is 109 Å². The van der Waals surface area contributed by atoms with Gasteiger partial charge in [0.1, 0.15) is 41.8 Å². The van der Waals surface area contributed by atoms with Crippen LogP contribution in [0.25, 0.3) is 0 Å². The number of hydrogen-bond donors (Lipinski definition) is 2. The van der Waals surface area contributed by atoms with Crippen molar-refractivity contribution in [1.82, 2.24) is 9.13 Å². The zero-order valence-corrected chi connectivity index (χ0v) is 28.8. The molecule has 5 aromatic rings. The van der Waals surface area contributed by atoms with Gasteiger partial charge in [0.25, 0.3) is 5.56 Å². The van der Waals surface area contributed by atoms with Gasteiger partial charge in [0, 0.05) is 18.2 Å². The molecule has 51 heavy (non-hydrogen) atoms. The lowest BCUT2D eigenvalue weighted by molar-refractivity contribution is -0.132. The van der Waals surface area contributed by atoms with Crippen LogP contribution in [0.15, 0.2) is 125 Å². The van der Waals surface area contributed by atoms with Crippen molar-refractivity contribution in [1.29, 1.82) is 0 Å². The van der Waals surface area contributed by atoms with Gasteiger partial charge in [-0.05, 0) is 53.4 Å². The largest absolute Gasteiger partial charge is 0.497 e. The van der Waals surface area contributed by atoms with E-state index in [0.29, 0.717) is 11.5 Å². The van der Waals surface area contributed by atoms with Gasteiger partial charge in [-0.3, -0.25) is 9.36 Å². The minimum absolute atomic E-state index is 0.136. The molecule has 0 bridgehead atoms. The van der Waals surface area contributed by atoms with Gasteiger partial charge >= 0.3 is 5.69 Å². The Bertz CT molecular complexity index is 1970. The van der Waals surface area contributed by atoms with E-state index in [0.717, 1.165) is 26.8 Å². The Kier molecular flexibility index (Phi) is 10.8. The fourth-order valence-electron chi connectivity index (χ4n) is 6.51. The molecule has 6 rings (SSSR count). The molecular formula is C40H42N2O9. The molecule has 266 valence electrons. The summed E-state index contributed by atoms with van der Waals surface area (Å²) in [4.78, 5) is 26.8. The first-order valence-corrected chi connectivity index (χ1v) is 16.6. The Labute approximate surface area is 295 Å². The van der Waals surface area contributed by atoms with E-state index in [4.69, 9.17) is 23.7 Å². The van der Waals surface area contributed by atoms with Crippen LogP contribution >= 0.6 is 0 Å². The number of hydrogen-bond acceptors (Lipinski definition) is 9. The first kappa shape index (κ1) is 35.8. The van der Waals surface area contributed by atoms with Crippen molar-refractivity contribution in [2.24, 2.45) is 0 Å². The molecule has 3 unspecified atom stereocenters. The summed E-state index contributed by atoms with van der Waals surface area (Å²) >= 11 is 0. The van der Waals surface area contributed by atoms with Crippen LogP contribution < -0.4 is 20.7 Å². The lowest BCUT2D eigenvalue weighted by atomic mass is 9.79. The second kappa shape index (κ2) is 15.5. The Morgan fingerprint density at radius 3 is 1.92 bits per heavy atom. The maximum Gasteiger partial charge on any atom is 0.335 e. The molecule has 1 aliphatic heterocycles. The minimum atomic E-state index is -1.79. The summed E-state index contributed by atoms with van der Waals surface area (Å²) in [6.45, 7) is 0.678. The average molecular weight is 695 g/mol. The highest BCUT2D eigenvalue weighted by Gasteiger charge is 2.50. The Morgan fingerprint density at radius 2 is 1.37 bits per heavy atom. The van der Waals surface area contributed by atoms with Gasteiger partial charge in [0.2, 0.25) is 0 Å². The van der Waals surface area contributed by atoms with Crippen molar-refractivity contribution in [2.45, 2.75) is 50.2 Å². The standard InChI is InChI=1S/C40H42N2O9/c1-28-23-41(38(45)42(37(28)44)27-49-24-29-10-6-4-7-11-29)36-22-39(46,26-43)35(51-36)25-50-40(30-12-8-5-9-13-30,31-14-18-33(47-2)19-15-31)32-16-20-34(48-3)21-17-32/h4-21,23,35-36,43,46H,22,24-27H2,1-3H3. The van der Waals surface area contributed by atoms with E-state index in [1.54, 1.807) is 21.1 Å². The molecule has 0 aliphatic carbocycles. The maximum absolute atomic E-state index is 13.7. The fourth-order valence-corrected chi connectivity index (χ4v) is 6.51. The summed E-state index contributed by atoms with van der Waals surface area (Å²) in [5.74, 6) is 1.33. The van der Waals surface area contributed by atoms with Crippen LogP contribution in [0.3, 0.4) is 0 Å². The van der Waals surface area contributed by atoms with Crippen molar-refractivity contribution < 1.29 is 33.9 Å². The van der Waals surface area contributed by atoms with E-state index in [2.05, 4.69) is 0 Å². The second-order valence-electron chi connectivity index (χ2n) is 12.6. The zero-order chi connectivity index (χ0) is 36.0. The third-order valence-electron chi connectivity index (χ3n) is 9.36. The lowest BCUT2D eigenvalue weighted by Gasteiger charge is -2.38. The van der Waals surface area contributed by atoms with Crippen LogP contribution in [-0.2, 0) is 33.1 Å². The molecule has 0 radical (unpaired) electrons. The fraction of sp³-hybridized carbons (Fsp3) is 0.300. The van der Waals surface area contributed by atoms with Crippen LogP contribution in [0, 0.1) is 6.92 Å². The molecule has 1 fully saturated rings. The Morgan fingerprint density at radius 1 is 0.824 bits per heavy atom. The van der Waals surface area contributed by atoms with Gasteiger partial charge in [-0.2, -0.15) is 0 Å². The highest BCUT2D eigenvalue weighted by Crippen LogP contribution is 2.44.